The maximum atomic E-state index is 14.3. The molecule has 0 radical (unpaired) electrons. The molecular formula is C34H49N5O7S2. The van der Waals surface area contributed by atoms with Gasteiger partial charge in [-0.25, -0.2) is 18.2 Å². The Kier molecular flexibility index (Phi) is 12.0. The Hall–Kier alpha value is -2.85. The molecule has 48 heavy (non-hydrogen) atoms. The van der Waals surface area contributed by atoms with Crippen molar-refractivity contribution in [1.29, 1.82) is 0 Å². The molecule has 2 aromatic carbocycles. The van der Waals surface area contributed by atoms with Gasteiger partial charge < -0.3 is 30.3 Å². The van der Waals surface area contributed by atoms with Gasteiger partial charge in [-0.05, 0) is 62.9 Å². The number of fused-ring (bicyclic) bond motifs is 2. The Morgan fingerprint density at radius 2 is 1.85 bits per heavy atom. The van der Waals surface area contributed by atoms with E-state index in [2.05, 4.69) is 15.6 Å². The van der Waals surface area contributed by atoms with Crippen LogP contribution in [0.15, 0.2) is 53.4 Å². The molecule has 14 heteroatoms. The van der Waals surface area contributed by atoms with Crippen LogP contribution in [0.5, 0.6) is 0 Å². The third-order valence-electron chi connectivity index (χ3n) is 8.86. The number of nitrogens with zero attached hydrogens (tertiary/aromatic N) is 3. The molecule has 0 spiro atoms. The Bertz CT molecular complexity index is 1620. The first kappa shape index (κ1) is 36.4. The largest absolute Gasteiger partial charge is 0.465 e. The van der Waals surface area contributed by atoms with Crippen LogP contribution in [0.4, 0.5) is 9.93 Å². The van der Waals surface area contributed by atoms with Crippen LogP contribution in [0.2, 0.25) is 0 Å². The van der Waals surface area contributed by atoms with Crippen molar-refractivity contribution >= 4 is 42.8 Å². The van der Waals surface area contributed by atoms with Gasteiger partial charge in [-0.3, -0.25) is 4.90 Å². The van der Waals surface area contributed by atoms with E-state index in [1.165, 1.54) is 20.5 Å². The zero-order chi connectivity index (χ0) is 34.6. The summed E-state index contributed by atoms with van der Waals surface area (Å²) < 4.78 is 42.5. The van der Waals surface area contributed by atoms with Gasteiger partial charge in [-0.15, -0.1) is 0 Å². The summed E-state index contributed by atoms with van der Waals surface area (Å²) in [7, 11) is -4.09. The summed E-state index contributed by atoms with van der Waals surface area (Å²) in [5.74, 6) is -0.353. The van der Waals surface area contributed by atoms with E-state index >= 15 is 0 Å². The quantitative estimate of drug-likeness (QED) is 0.179. The average Bonchev–Trinajstić information content (AvgIpc) is 3.63. The summed E-state index contributed by atoms with van der Waals surface area (Å²) in [5, 5.41) is 30.3. The predicted molar refractivity (Wildman–Crippen MR) is 187 cm³/mol. The van der Waals surface area contributed by atoms with Crippen LogP contribution < -0.4 is 10.6 Å². The van der Waals surface area contributed by atoms with E-state index < -0.39 is 40.6 Å². The van der Waals surface area contributed by atoms with Crippen LogP contribution in [0, 0.1) is 11.8 Å². The molecule has 1 aromatic heterocycles. The fraction of sp³-hybridized carbons (Fsp3) is 0.588. The van der Waals surface area contributed by atoms with E-state index in [0.717, 1.165) is 10.3 Å². The van der Waals surface area contributed by atoms with E-state index in [0.29, 0.717) is 36.8 Å². The van der Waals surface area contributed by atoms with E-state index in [1.54, 1.807) is 18.2 Å². The van der Waals surface area contributed by atoms with Crippen molar-refractivity contribution in [2.24, 2.45) is 11.8 Å². The summed E-state index contributed by atoms with van der Waals surface area (Å²) in [5.41, 5.74) is 1.53. The number of likely N-dealkylation sites (N-methyl/N-ethyl adjacent to an activating group) is 1. The number of sulfonamides is 1. The zero-order valence-electron chi connectivity index (χ0n) is 28.3. The first-order valence-electron chi connectivity index (χ1n) is 16.8. The number of ether oxygens (including phenoxy) is 2. The number of rotatable bonds is 15. The van der Waals surface area contributed by atoms with Crippen LogP contribution in [0.1, 0.15) is 46.6 Å². The number of nitrogens with one attached hydrogen (secondary N) is 2. The molecule has 1 amide bonds. The molecule has 5 rings (SSSR count). The Morgan fingerprint density at radius 1 is 1.10 bits per heavy atom. The first-order chi connectivity index (χ1) is 22.9. The number of amides is 1. The number of thiazole rings is 1. The third-order valence-corrected chi connectivity index (χ3v) is 11.6. The zero-order valence-corrected chi connectivity index (χ0v) is 29.9. The molecular weight excluding hydrogens is 655 g/mol. The standard InChI is InChI=1S/C34H49N5O7S2/c1-6-35-26-20-46-32-31(26)27(14-15-45-32)39(34(41)42)28(16-23-10-8-7-9-11-23)29(40)19-38(18-21(2)3)48(43,44)24-12-13-25-30(17-24)47-33(37-25)36-22(4)5/h7-13,17,21-22,26-29,31-32,35,40H,6,14-16,18-20H2,1-5H3,(H,36,37)(H,41,42)/t26-,27-,28-,29+,31-,32-/m0/s1. The van der Waals surface area contributed by atoms with E-state index in [1.807, 2.05) is 65.0 Å². The number of carbonyl (C=O) groups is 1. The van der Waals surface area contributed by atoms with Crippen molar-refractivity contribution in [3.8, 4) is 0 Å². The molecule has 3 heterocycles. The van der Waals surface area contributed by atoms with Gasteiger partial charge in [0.25, 0.3) is 0 Å². The van der Waals surface area contributed by atoms with Gasteiger partial charge in [0.1, 0.15) is 0 Å². The second-order valence-corrected chi connectivity index (χ2v) is 16.3. The summed E-state index contributed by atoms with van der Waals surface area (Å²) in [6.07, 6.45) is -2.47. The van der Waals surface area contributed by atoms with Crippen molar-refractivity contribution in [2.45, 2.75) is 88.9 Å². The Labute approximate surface area is 287 Å². The summed E-state index contributed by atoms with van der Waals surface area (Å²) in [6.45, 7) is 11.1. The van der Waals surface area contributed by atoms with Gasteiger partial charge in [0.05, 0.1) is 40.5 Å². The number of aliphatic hydroxyl groups is 1. The van der Waals surface area contributed by atoms with Gasteiger partial charge in [-0.2, -0.15) is 4.31 Å². The molecule has 12 nitrogen and oxygen atoms in total. The Morgan fingerprint density at radius 3 is 2.52 bits per heavy atom. The van der Waals surface area contributed by atoms with Crippen LogP contribution >= 0.6 is 11.3 Å². The normalized spacial score (nSPS) is 22.7. The SMILES string of the molecule is CCN[C@H]1CO[C@@H]2OCC[C@H](N(C(=O)O)[C@@H](Cc3ccccc3)[C@H](O)CN(CC(C)C)S(=O)(=O)c3ccc4nc(NC(C)C)sc4c3)[C@@H]21. The molecule has 264 valence electrons. The molecule has 2 aliphatic rings. The fourth-order valence-electron chi connectivity index (χ4n) is 6.83. The second kappa shape index (κ2) is 15.8. The maximum Gasteiger partial charge on any atom is 0.407 e. The van der Waals surface area contributed by atoms with E-state index in [-0.39, 0.29) is 48.3 Å². The van der Waals surface area contributed by atoms with Crippen molar-refractivity contribution in [2.75, 3.05) is 38.2 Å². The number of hydrogen-bond donors (Lipinski definition) is 4. The topological polar surface area (TPSA) is 154 Å². The number of aromatic nitrogens is 1. The molecule has 0 bridgehead atoms. The third kappa shape index (κ3) is 8.29. The first-order valence-corrected chi connectivity index (χ1v) is 19.0. The minimum Gasteiger partial charge on any atom is -0.465 e. The second-order valence-electron chi connectivity index (χ2n) is 13.3. The molecule has 2 aliphatic heterocycles. The lowest BCUT2D eigenvalue weighted by Crippen LogP contribution is -2.62. The number of anilines is 1. The number of carboxylic acid groups (broad SMARTS) is 1. The van der Waals surface area contributed by atoms with E-state index in [4.69, 9.17) is 9.47 Å². The van der Waals surface area contributed by atoms with Crippen LogP contribution in [-0.2, 0) is 25.9 Å². The number of hydrogen-bond acceptors (Lipinski definition) is 10. The highest BCUT2D eigenvalue weighted by Gasteiger charge is 2.50. The number of benzene rings is 2. The minimum absolute atomic E-state index is 0.0585. The molecule has 0 saturated carbocycles. The predicted octanol–water partition coefficient (Wildman–Crippen LogP) is 4.46. The molecule has 4 N–H and O–H groups in total. The molecule has 0 aliphatic carbocycles. The summed E-state index contributed by atoms with van der Waals surface area (Å²) in [4.78, 5) is 19.3. The summed E-state index contributed by atoms with van der Waals surface area (Å²) in [6, 6.07) is 12.8. The lowest BCUT2D eigenvalue weighted by atomic mass is 9.86. The number of aliphatic hydroxyl groups excluding tert-OH is 1. The minimum atomic E-state index is -4.09. The molecule has 3 aromatic rings. The molecule has 6 atom stereocenters. The molecule has 2 saturated heterocycles. The van der Waals surface area contributed by atoms with Gasteiger partial charge >= 0.3 is 6.09 Å². The van der Waals surface area contributed by atoms with Gasteiger partial charge in [0, 0.05) is 37.1 Å². The van der Waals surface area contributed by atoms with Crippen molar-refractivity contribution in [1.82, 2.24) is 19.5 Å². The van der Waals surface area contributed by atoms with Crippen LogP contribution in [0.3, 0.4) is 0 Å². The highest BCUT2D eigenvalue weighted by Crippen LogP contribution is 2.37. The monoisotopic (exact) mass is 703 g/mol. The highest BCUT2D eigenvalue weighted by molar-refractivity contribution is 7.89. The van der Waals surface area contributed by atoms with Crippen molar-refractivity contribution < 1.29 is 32.9 Å². The fourth-order valence-corrected chi connectivity index (χ4v) is 9.61. The average molecular weight is 704 g/mol. The lowest BCUT2D eigenvalue weighted by Gasteiger charge is -2.45. The van der Waals surface area contributed by atoms with E-state index in [9.17, 15) is 23.4 Å². The van der Waals surface area contributed by atoms with Crippen LogP contribution in [0.25, 0.3) is 10.2 Å². The smallest absolute Gasteiger partial charge is 0.407 e. The van der Waals surface area contributed by atoms with Crippen LogP contribution in [-0.4, -0.2) is 108 Å². The molecule has 2 fully saturated rings. The Balaban J connectivity index is 1.49. The molecule has 0 unspecified atom stereocenters. The maximum absolute atomic E-state index is 14.3. The van der Waals surface area contributed by atoms with Crippen molar-refractivity contribution in [3.05, 3.63) is 54.1 Å². The van der Waals surface area contributed by atoms with Gasteiger partial charge in [-0.1, -0.05) is 62.4 Å². The van der Waals surface area contributed by atoms with Gasteiger partial charge in [0.15, 0.2) is 11.4 Å². The van der Waals surface area contributed by atoms with Gasteiger partial charge in [0.2, 0.25) is 10.0 Å². The summed E-state index contributed by atoms with van der Waals surface area (Å²) >= 11 is 1.38. The van der Waals surface area contributed by atoms with Crippen molar-refractivity contribution in [3.63, 3.8) is 0 Å². The highest BCUT2D eigenvalue weighted by atomic mass is 32.2. The lowest BCUT2D eigenvalue weighted by molar-refractivity contribution is -0.173.